The van der Waals surface area contributed by atoms with Crippen LogP contribution in [0.4, 0.5) is 0 Å². The number of aliphatic hydroxyl groups excluding tert-OH is 1. The van der Waals surface area contributed by atoms with Crippen LogP contribution in [-0.4, -0.2) is 42.4 Å². The number of nitrogens with zero attached hydrogens (tertiary/aromatic N) is 1. The number of aliphatic hydroxyl groups is 1. The topological polar surface area (TPSA) is 32.7 Å². The van der Waals surface area contributed by atoms with E-state index in [2.05, 4.69) is 30.1 Å². The van der Waals surface area contributed by atoms with Crippen LogP contribution in [0.3, 0.4) is 0 Å². The van der Waals surface area contributed by atoms with E-state index in [1.165, 1.54) is 5.56 Å². The van der Waals surface area contributed by atoms with Crippen LogP contribution in [0, 0.1) is 0 Å². The van der Waals surface area contributed by atoms with Gasteiger partial charge in [-0.25, -0.2) is 0 Å². The number of ether oxygens (including phenoxy) is 1. The van der Waals surface area contributed by atoms with Crippen LogP contribution in [0.1, 0.15) is 36.5 Å². The van der Waals surface area contributed by atoms with E-state index in [0.29, 0.717) is 6.04 Å². The van der Waals surface area contributed by atoms with E-state index in [0.717, 1.165) is 44.5 Å². The first-order valence-corrected chi connectivity index (χ1v) is 7.33. The molecule has 1 saturated heterocycles. The summed E-state index contributed by atoms with van der Waals surface area (Å²) < 4.78 is 5.48. The van der Waals surface area contributed by atoms with E-state index in [-0.39, 0.29) is 12.1 Å². The van der Waals surface area contributed by atoms with Gasteiger partial charge in [-0.15, -0.1) is 0 Å². The number of benzene rings is 1. The van der Waals surface area contributed by atoms with Crippen LogP contribution in [0.2, 0.25) is 0 Å². The number of fused-ring (bicyclic) bond motifs is 1. The number of rotatable bonds is 2. The molecule has 0 bridgehead atoms. The first-order chi connectivity index (χ1) is 9.27. The minimum Gasteiger partial charge on any atom is -0.387 e. The molecule has 1 aromatic carbocycles. The van der Waals surface area contributed by atoms with Crippen molar-refractivity contribution in [2.75, 3.05) is 20.3 Å². The molecule has 0 radical (unpaired) electrons. The van der Waals surface area contributed by atoms with Crippen molar-refractivity contribution in [2.45, 2.75) is 43.9 Å². The smallest absolute Gasteiger partial charge is 0.0947 e. The molecule has 2 aliphatic rings. The Kier molecular flexibility index (Phi) is 3.87. The van der Waals surface area contributed by atoms with Gasteiger partial charge in [0.25, 0.3) is 0 Å². The molecule has 19 heavy (non-hydrogen) atoms. The molecule has 1 aliphatic carbocycles. The Morgan fingerprint density at radius 1 is 1.26 bits per heavy atom. The van der Waals surface area contributed by atoms with Crippen molar-refractivity contribution in [3.05, 3.63) is 35.4 Å². The maximum Gasteiger partial charge on any atom is 0.0947 e. The second kappa shape index (κ2) is 5.61. The van der Waals surface area contributed by atoms with Gasteiger partial charge >= 0.3 is 0 Å². The average molecular weight is 261 g/mol. The average Bonchev–Trinajstić information content (AvgIpc) is 2.91. The fraction of sp³-hybridized carbons (Fsp3) is 0.625. The largest absolute Gasteiger partial charge is 0.387 e. The van der Waals surface area contributed by atoms with Gasteiger partial charge in [0, 0.05) is 18.7 Å². The lowest BCUT2D eigenvalue weighted by Gasteiger charge is -2.35. The molecule has 104 valence electrons. The van der Waals surface area contributed by atoms with Gasteiger partial charge in [0.05, 0.1) is 12.7 Å². The lowest BCUT2D eigenvalue weighted by atomic mass is 9.97. The van der Waals surface area contributed by atoms with E-state index in [1.807, 2.05) is 6.07 Å². The molecule has 0 aromatic heterocycles. The normalized spacial score (nSPS) is 31.2. The first kappa shape index (κ1) is 13.1. The Hall–Kier alpha value is -0.900. The fourth-order valence-electron chi connectivity index (χ4n) is 3.46. The summed E-state index contributed by atoms with van der Waals surface area (Å²) in [7, 11) is 2.14. The van der Waals surface area contributed by atoms with E-state index in [9.17, 15) is 5.11 Å². The molecule has 0 amide bonds. The molecule has 1 aliphatic heterocycles. The SMILES string of the molecule is CN(C1CCOC1)C1CCCc2ccccc2C1O. The van der Waals surface area contributed by atoms with E-state index < -0.39 is 0 Å². The fourth-order valence-corrected chi connectivity index (χ4v) is 3.46. The highest BCUT2D eigenvalue weighted by molar-refractivity contribution is 5.31. The van der Waals surface area contributed by atoms with Crippen molar-refractivity contribution in [3.8, 4) is 0 Å². The third-order valence-corrected chi connectivity index (χ3v) is 4.69. The molecule has 0 spiro atoms. The van der Waals surface area contributed by atoms with Crippen LogP contribution in [0.15, 0.2) is 24.3 Å². The van der Waals surface area contributed by atoms with Gasteiger partial charge in [0.1, 0.15) is 0 Å². The van der Waals surface area contributed by atoms with Gasteiger partial charge in [0.15, 0.2) is 0 Å². The summed E-state index contributed by atoms with van der Waals surface area (Å²) in [5.41, 5.74) is 2.43. The summed E-state index contributed by atoms with van der Waals surface area (Å²) in [5, 5.41) is 10.7. The Morgan fingerprint density at radius 2 is 2.11 bits per heavy atom. The summed E-state index contributed by atoms with van der Waals surface area (Å²) in [6.45, 7) is 1.66. The first-order valence-electron chi connectivity index (χ1n) is 7.33. The van der Waals surface area contributed by atoms with Gasteiger partial charge < -0.3 is 9.84 Å². The third kappa shape index (κ3) is 2.55. The zero-order valence-corrected chi connectivity index (χ0v) is 11.6. The van der Waals surface area contributed by atoms with Gasteiger partial charge in [-0.2, -0.15) is 0 Å². The van der Waals surface area contributed by atoms with Crippen molar-refractivity contribution in [1.82, 2.24) is 4.90 Å². The maximum absolute atomic E-state index is 10.7. The van der Waals surface area contributed by atoms with E-state index in [1.54, 1.807) is 0 Å². The van der Waals surface area contributed by atoms with Crippen LogP contribution in [0.5, 0.6) is 0 Å². The van der Waals surface area contributed by atoms with Crippen LogP contribution < -0.4 is 0 Å². The van der Waals surface area contributed by atoms with Gasteiger partial charge in [-0.05, 0) is 43.9 Å². The third-order valence-electron chi connectivity index (χ3n) is 4.69. The number of hydrogen-bond acceptors (Lipinski definition) is 3. The number of aryl methyl sites for hydroxylation is 1. The summed E-state index contributed by atoms with van der Waals surface area (Å²) in [5.74, 6) is 0. The van der Waals surface area contributed by atoms with Crippen LogP contribution >= 0.6 is 0 Å². The maximum atomic E-state index is 10.7. The highest BCUT2D eigenvalue weighted by Gasteiger charge is 2.33. The molecule has 3 heteroatoms. The van der Waals surface area contributed by atoms with Crippen molar-refractivity contribution in [1.29, 1.82) is 0 Å². The summed E-state index contributed by atoms with van der Waals surface area (Å²) in [4.78, 5) is 2.35. The minimum atomic E-state index is -0.371. The lowest BCUT2D eigenvalue weighted by Crippen LogP contribution is -2.43. The molecule has 3 unspecified atom stereocenters. The second-order valence-electron chi connectivity index (χ2n) is 5.79. The van der Waals surface area contributed by atoms with Gasteiger partial charge in [-0.1, -0.05) is 24.3 Å². The summed E-state index contributed by atoms with van der Waals surface area (Å²) >= 11 is 0. The Morgan fingerprint density at radius 3 is 2.89 bits per heavy atom. The molecular formula is C16H23NO2. The van der Waals surface area contributed by atoms with Gasteiger partial charge in [-0.3, -0.25) is 4.90 Å². The summed E-state index contributed by atoms with van der Waals surface area (Å²) in [6.07, 6.45) is 4.00. The Balaban J connectivity index is 1.82. The predicted molar refractivity (Wildman–Crippen MR) is 75.1 cm³/mol. The molecule has 1 fully saturated rings. The molecule has 1 N–H and O–H groups in total. The van der Waals surface area contributed by atoms with Gasteiger partial charge in [0.2, 0.25) is 0 Å². The molecular weight excluding hydrogens is 238 g/mol. The zero-order chi connectivity index (χ0) is 13.2. The zero-order valence-electron chi connectivity index (χ0n) is 11.6. The summed E-state index contributed by atoms with van der Waals surface area (Å²) in [6, 6.07) is 9.01. The predicted octanol–water partition coefficient (Wildman–Crippen LogP) is 2.15. The van der Waals surface area contributed by atoms with E-state index >= 15 is 0 Å². The van der Waals surface area contributed by atoms with Crippen LogP contribution in [-0.2, 0) is 11.2 Å². The highest BCUT2D eigenvalue weighted by Crippen LogP contribution is 2.32. The number of likely N-dealkylation sites (N-methyl/N-ethyl adjacent to an activating group) is 1. The second-order valence-corrected chi connectivity index (χ2v) is 5.79. The van der Waals surface area contributed by atoms with Crippen molar-refractivity contribution < 1.29 is 9.84 Å². The van der Waals surface area contributed by atoms with E-state index in [4.69, 9.17) is 4.74 Å². The highest BCUT2D eigenvalue weighted by atomic mass is 16.5. The van der Waals surface area contributed by atoms with Crippen molar-refractivity contribution in [2.24, 2.45) is 0 Å². The quantitative estimate of drug-likeness (QED) is 0.828. The number of hydrogen-bond donors (Lipinski definition) is 1. The van der Waals surface area contributed by atoms with Crippen molar-refractivity contribution >= 4 is 0 Å². The molecule has 3 nitrogen and oxygen atoms in total. The molecule has 3 rings (SSSR count). The molecule has 1 heterocycles. The Labute approximate surface area is 115 Å². The van der Waals surface area contributed by atoms with Crippen LogP contribution in [0.25, 0.3) is 0 Å². The monoisotopic (exact) mass is 261 g/mol. The molecule has 3 atom stereocenters. The molecule has 1 aromatic rings. The minimum absolute atomic E-state index is 0.218. The lowest BCUT2D eigenvalue weighted by molar-refractivity contribution is 0.0324. The standard InChI is InChI=1S/C16H23NO2/c1-17(13-9-10-19-11-13)15-8-4-6-12-5-2-3-7-14(12)16(15)18/h2-3,5,7,13,15-16,18H,4,6,8-11H2,1H3. The Bertz CT molecular complexity index is 429. The van der Waals surface area contributed by atoms with Crippen molar-refractivity contribution in [3.63, 3.8) is 0 Å². The molecule has 0 saturated carbocycles.